The van der Waals surface area contributed by atoms with Crippen LogP contribution in [0.4, 0.5) is 14.6 Å². The summed E-state index contributed by atoms with van der Waals surface area (Å²) < 4.78 is 30.8. The predicted molar refractivity (Wildman–Crippen MR) is 105 cm³/mol. The molecule has 1 atom stereocenters. The lowest BCUT2D eigenvalue weighted by molar-refractivity contribution is 0.144. The molecule has 10 heteroatoms. The fourth-order valence-corrected chi connectivity index (χ4v) is 3.88. The zero-order valence-electron chi connectivity index (χ0n) is 15.4. The Bertz CT molecular complexity index is 949. The van der Waals surface area contributed by atoms with Crippen LogP contribution in [0.1, 0.15) is 25.0 Å². The molecule has 0 spiro atoms. The zero-order chi connectivity index (χ0) is 19.5. The van der Waals surface area contributed by atoms with E-state index in [-0.39, 0.29) is 5.69 Å². The second-order valence-electron chi connectivity index (χ2n) is 6.74. The number of hydrogen-bond acceptors (Lipinski definition) is 7. The van der Waals surface area contributed by atoms with Crippen LogP contribution in [0.3, 0.4) is 0 Å². The van der Waals surface area contributed by atoms with Gasteiger partial charge in [0.05, 0.1) is 11.9 Å². The third-order valence-corrected chi connectivity index (χ3v) is 5.34. The Morgan fingerprint density at radius 2 is 2.18 bits per heavy atom. The van der Waals surface area contributed by atoms with Gasteiger partial charge in [-0.05, 0) is 37.1 Å². The van der Waals surface area contributed by atoms with Gasteiger partial charge >= 0.3 is 0 Å². The largest absolute Gasteiger partial charge is 0.356 e. The van der Waals surface area contributed by atoms with Crippen molar-refractivity contribution in [3.05, 3.63) is 36.4 Å². The quantitative estimate of drug-likeness (QED) is 0.632. The summed E-state index contributed by atoms with van der Waals surface area (Å²) in [5.74, 6) is 1.39. The summed E-state index contributed by atoms with van der Waals surface area (Å²) in [6, 6.07) is 4.71. The van der Waals surface area contributed by atoms with E-state index in [2.05, 4.69) is 29.7 Å². The number of imidazole rings is 1. The normalized spacial score (nSPS) is 17.6. The molecule has 4 heterocycles. The molecule has 1 aliphatic heterocycles. The van der Waals surface area contributed by atoms with Gasteiger partial charge < -0.3 is 4.90 Å². The molecule has 0 aromatic carbocycles. The molecule has 3 aromatic rings. The highest BCUT2D eigenvalue weighted by Crippen LogP contribution is 2.26. The molecule has 0 bridgehead atoms. The first-order chi connectivity index (χ1) is 13.7. The molecule has 0 aliphatic carbocycles. The number of aromatic nitrogens is 5. The molecule has 28 heavy (non-hydrogen) atoms. The van der Waals surface area contributed by atoms with Crippen LogP contribution in [-0.2, 0) is 0 Å². The highest BCUT2D eigenvalue weighted by Gasteiger charge is 2.22. The summed E-state index contributed by atoms with van der Waals surface area (Å²) in [4.78, 5) is 15.3. The Morgan fingerprint density at radius 1 is 1.29 bits per heavy atom. The fourth-order valence-electron chi connectivity index (χ4n) is 3.48. The van der Waals surface area contributed by atoms with Crippen molar-refractivity contribution >= 4 is 23.4 Å². The molecule has 0 amide bonds. The number of halogens is 2. The lowest BCUT2D eigenvalue weighted by atomic mass is 9.98. The molecule has 1 fully saturated rings. The number of fused-ring (bicyclic) bond motifs is 1. The van der Waals surface area contributed by atoms with Gasteiger partial charge in [-0.2, -0.15) is 5.10 Å². The minimum absolute atomic E-state index is 0.291. The van der Waals surface area contributed by atoms with Gasteiger partial charge in [-0.1, -0.05) is 11.9 Å². The van der Waals surface area contributed by atoms with E-state index in [1.165, 1.54) is 29.4 Å². The van der Waals surface area contributed by atoms with Crippen LogP contribution >= 0.6 is 11.9 Å². The third kappa shape index (κ3) is 3.93. The van der Waals surface area contributed by atoms with E-state index in [0.29, 0.717) is 23.0 Å². The lowest BCUT2D eigenvalue weighted by Crippen LogP contribution is -2.39. The first-order valence-electron chi connectivity index (χ1n) is 9.11. The van der Waals surface area contributed by atoms with Gasteiger partial charge in [-0.3, -0.25) is 4.72 Å². The second kappa shape index (κ2) is 8.36. The predicted octanol–water partition coefficient (Wildman–Crippen LogP) is 3.21. The van der Waals surface area contributed by atoms with Crippen LogP contribution in [0.25, 0.3) is 17.0 Å². The number of alkyl halides is 2. The van der Waals surface area contributed by atoms with Gasteiger partial charge in [0.25, 0.3) is 6.43 Å². The maximum atomic E-state index is 13.0. The topological polar surface area (TPSA) is 71.2 Å². The summed E-state index contributed by atoms with van der Waals surface area (Å²) in [5.41, 5.74) is 1.39. The van der Waals surface area contributed by atoms with Crippen molar-refractivity contribution < 1.29 is 8.78 Å². The Hall–Kier alpha value is -2.33. The zero-order valence-corrected chi connectivity index (χ0v) is 16.2. The van der Waals surface area contributed by atoms with E-state index < -0.39 is 6.43 Å². The molecular weight excluding hydrogens is 384 g/mol. The van der Waals surface area contributed by atoms with Gasteiger partial charge in [-0.25, -0.2) is 28.2 Å². The summed E-state index contributed by atoms with van der Waals surface area (Å²) in [6.07, 6.45) is 4.79. The van der Waals surface area contributed by atoms with Crippen LogP contribution < -0.4 is 9.62 Å². The summed E-state index contributed by atoms with van der Waals surface area (Å²) in [6.45, 7) is 2.82. The third-order valence-electron chi connectivity index (χ3n) is 4.88. The monoisotopic (exact) mass is 405 g/mol. The van der Waals surface area contributed by atoms with Crippen molar-refractivity contribution in [1.29, 1.82) is 0 Å². The van der Waals surface area contributed by atoms with E-state index in [4.69, 9.17) is 0 Å². The van der Waals surface area contributed by atoms with Crippen LogP contribution in [0, 0.1) is 5.92 Å². The highest BCUT2D eigenvalue weighted by molar-refractivity contribution is 7.96. The average Bonchev–Trinajstić information content (AvgIpc) is 3.16. The van der Waals surface area contributed by atoms with Crippen LogP contribution in [-0.4, -0.2) is 50.5 Å². The maximum Gasteiger partial charge on any atom is 0.282 e. The minimum atomic E-state index is -2.64. The number of piperidine rings is 1. The molecule has 1 unspecified atom stereocenters. The van der Waals surface area contributed by atoms with Crippen molar-refractivity contribution in [2.24, 2.45) is 5.92 Å². The average molecular weight is 405 g/mol. The first kappa shape index (κ1) is 19.0. The molecule has 1 N–H and O–H groups in total. The number of rotatable bonds is 6. The van der Waals surface area contributed by atoms with Gasteiger partial charge in [0, 0.05) is 25.7 Å². The van der Waals surface area contributed by atoms with Crippen molar-refractivity contribution in [3.8, 4) is 11.4 Å². The van der Waals surface area contributed by atoms with Crippen LogP contribution in [0.2, 0.25) is 0 Å². The number of nitrogens with one attached hydrogen (secondary N) is 1. The van der Waals surface area contributed by atoms with Gasteiger partial charge in [0.1, 0.15) is 23.5 Å². The Labute approximate surface area is 165 Å². The summed E-state index contributed by atoms with van der Waals surface area (Å²) in [5, 5.41) is 4.02. The molecular formula is C18H21F2N7S. The minimum Gasteiger partial charge on any atom is -0.356 e. The molecule has 0 saturated carbocycles. The maximum absolute atomic E-state index is 13.0. The van der Waals surface area contributed by atoms with Crippen LogP contribution in [0.5, 0.6) is 0 Å². The molecule has 0 radical (unpaired) electrons. The van der Waals surface area contributed by atoms with Gasteiger partial charge in [0.2, 0.25) is 0 Å². The van der Waals surface area contributed by atoms with Crippen LogP contribution in [0.15, 0.2) is 30.7 Å². The highest BCUT2D eigenvalue weighted by atomic mass is 32.2. The molecule has 3 aromatic heterocycles. The summed E-state index contributed by atoms with van der Waals surface area (Å²) >= 11 is 1.63. The lowest BCUT2D eigenvalue weighted by Gasteiger charge is -2.33. The molecule has 7 nitrogen and oxygen atoms in total. The smallest absolute Gasteiger partial charge is 0.282 e. The molecule has 148 valence electrons. The fraction of sp³-hybridized carbons (Fsp3) is 0.444. The second-order valence-corrected chi connectivity index (χ2v) is 7.44. The van der Waals surface area contributed by atoms with Crippen molar-refractivity contribution in [1.82, 2.24) is 29.3 Å². The number of anilines is 1. The standard InChI is InChI=1S/C18H21F2N7S/c1-28-24-8-12-3-2-6-26(10-12)17-7-14(22-11-23-17)15-9-21-16-5-4-13(18(19)20)25-27(15)16/h4-5,7,9,11-12,18,24H,2-3,6,8,10H2,1H3. The Kier molecular flexibility index (Phi) is 5.67. The summed E-state index contributed by atoms with van der Waals surface area (Å²) in [7, 11) is 0. The van der Waals surface area contributed by atoms with E-state index >= 15 is 0 Å². The Balaban J connectivity index is 1.62. The number of nitrogens with zero attached hydrogens (tertiary/aromatic N) is 6. The molecule has 4 rings (SSSR count). The first-order valence-corrected chi connectivity index (χ1v) is 10.3. The van der Waals surface area contributed by atoms with E-state index in [1.807, 2.05) is 12.3 Å². The van der Waals surface area contributed by atoms with Crippen molar-refractivity contribution in [2.75, 3.05) is 30.8 Å². The number of hydrogen-bond donors (Lipinski definition) is 1. The Morgan fingerprint density at radius 3 is 3.00 bits per heavy atom. The van der Waals surface area contributed by atoms with Crippen molar-refractivity contribution in [2.45, 2.75) is 19.3 Å². The molecule has 1 saturated heterocycles. The van der Waals surface area contributed by atoms with E-state index in [0.717, 1.165) is 31.9 Å². The van der Waals surface area contributed by atoms with E-state index in [1.54, 1.807) is 18.1 Å². The molecule has 1 aliphatic rings. The van der Waals surface area contributed by atoms with Gasteiger partial charge in [0.15, 0.2) is 5.65 Å². The van der Waals surface area contributed by atoms with Crippen molar-refractivity contribution in [3.63, 3.8) is 0 Å². The van der Waals surface area contributed by atoms with Gasteiger partial charge in [-0.15, -0.1) is 0 Å². The SMILES string of the molecule is CSNCC1CCCN(c2cc(-c3cnc4ccc(C(F)F)nn34)ncn2)C1. The van der Waals surface area contributed by atoms with E-state index in [9.17, 15) is 8.78 Å².